The van der Waals surface area contributed by atoms with E-state index in [4.69, 9.17) is 11.6 Å². The quantitative estimate of drug-likeness (QED) is 0.717. The maximum absolute atomic E-state index is 12.1. The van der Waals surface area contributed by atoms with Gasteiger partial charge in [-0.2, -0.15) is 0 Å². The summed E-state index contributed by atoms with van der Waals surface area (Å²) in [6.45, 7) is 1.99. The van der Waals surface area contributed by atoms with Crippen molar-refractivity contribution in [1.82, 2.24) is 9.97 Å². The van der Waals surface area contributed by atoms with Gasteiger partial charge in [-0.3, -0.25) is 9.78 Å². The van der Waals surface area contributed by atoms with E-state index >= 15 is 0 Å². The number of hydrogen-bond donors (Lipinski definition) is 1. The molecule has 0 unspecified atom stereocenters. The summed E-state index contributed by atoms with van der Waals surface area (Å²) in [5.74, 6) is -0.0461. The summed E-state index contributed by atoms with van der Waals surface area (Å²) < 4.78 is 0. The van der Waals surface area contributed by atoms with Gasteiger partial charge < -0.3 is 5.32 Å². The number of aromatic nitrogens is 2. The number of carbonyl (C=O) groups is 1. The van der Waals surface area contributed by atoms with E-state index in [0.717, 1.165) is 21.7 Å². The van der Waals surface area contributed by atoms with Crippen molar-refractivity contribution in [2.75, 3.05) is 5.32 Å². The molecule has 1 N–H and O–H groups in total. The number of carbonyl (C=O) groups excluding carboxylic acids is 1. The number of benzene rings is 1. The van der Waals surface area contributed by atoms with E-state index in [1.54, 1.807) is 12.4 Å². The van der Waals surface area contributed by atoms with Crippen LogP contribution in [0.1, 0.15) is 16.9 Å². The van der Waals surface area contributed by atoms with Crippen LogP contribution < -0.4 is 5.32 Å². The average Bonchev–Trinajstić information content (AvgIpc) is 2.95. The SMILES string of the molecule is Cc1sc(NC(=O)CCc2cccnc2)nc1-c1ccc(Cl)cc1. The Hall–Kier alpha value is -2.24. The zero-order valence-corrected chi connectivity index (χ0v) is 14.7. The summed E-state index contributed by atoms with van der Waals surface area (Å²) in [5.41, 5.74) is 2.91. The smallest absolute Gasteiger partial charge is 0.226 e. The molecule has 0 saturated heterocycles. The highest BCUT2D eigenvalue weighted by atomic mass is 35.5. The molecule has 0 atom stereocenters. The molecule has 1 amide bonds. The standard InChI is InChI=1S/C18H16ClN3OS/c1-12-17(14-5-7-15(19)8-6-14)22-18(24-12)21-16(23)9-4-13-3-2-10-20-11-13/h2-3,5-8,10-11H,4,9H2,1H3,(H,21,22,23). The van der Waals surface area contributed by atoms with Gasteiger partial charge in [0.05, 0.1) is 5.69 Å². The molecule has 0 aliphatic heterocycles. The first-order valence-electron chi connectivity index (χ1n) is 7.54. The second-order valence-electron chi connectivity index (χ2n) is 5.34. The molecule has 0 bridgehead atoms. The molecule has 6 heteroatoms. The summed E-state index contributed by atoms with van der Waals surface area (Å²) >= 11 is 7.39. The Balaban J connectivity index is 1.64. The Labute approximate surface area is 149 Å². The van der Waals surface area contributed by atoms with Crippen LogP contribution in [-0.2, 0) is 11.2 Å². The average molecular weight is 358 g/mol. The van der Waals surface area contributed by atoms with Crippen LogP contribution in [0.25, 0.3) is 11.3 Å². The highest BCUT2D eigenvalue weighted by molar-refractivity contribution is 7.16. The lowest BCUT2D eigenvalue weighted by Crippen LogP contribution is -2.12. The molecule has 3 aromatic rings. The molecule has 24 heavy (non-hydrogen) atoms. The molecule has 2 heterocycles. The topological polar surface area (TPSA) is 54.9 Å². The van der Waals surface area contributed by atoms with E-state index in [2.05, 4.69) is 15.3 Å². The molecule has 0 fully saturated rings. The minimum atomic E-state index is -0.0461. The predicted molar refractivity (Wildman–Crippen MR) is 98.5 cm³/mol. The largest absolute Gasteiger partial charge is 0.302 e. The fourth-order valence-electron chi connectivity index (χ4n) is 2.31. The van der Waals surface area contributed by atoms with Crippen molar-refractivity contribution in [2.24, 2.45) is 0 Å². The summed E-state index contributed by atoms with van der Waals surface area (Å²) in [6, 6.07) is 11.4. The highest BCUT2D eigenvalue weighted by Crippen LogP contribution is 2.31. The van der Waals surface area contributed by atoms with Gasteiger partial charge in [-0.15, -0.1) is 11.3 Å². The lowest BCUT2D eigenvalue weighted by Gasteiger charge is -2.02. The monoisotopic (exact) mass is 357 g/mol. The van der Waals surface area contributed by atoms with Crippen molar-refractivity contribution < 1.29 is 4.79 Å². The molecule has 3 rings (SSSR count). The third-order valence-corrected chi connectivity index (χ3v) is 4.66. The summed E-state index contributed by atoms with van der Waals surface area (Å²) in [4.78, 5) is 21.7. The third-order valence-electron chi connectivity index (χ3n) is 3.52. The molecule has 0 aliphatic rings. The van der Waals surface area contributed by atoms with Crippen molar-refractivity contribution in [2.45, 2.75) is 19.8 Å². The number of aryl methyl sites for hydroxylation is 2. The fraction of sp³-hybridized carbons (Fsp3) is 0.167. The van der Waals surface area contributed by atoms with Gasteiger partial charge in [-0.1, -0.05) is 29.8 Å². The summed E-state index contributed by atoms with van der Waals surface area (Å²) in [6.07, 6.45) is 4.56. The zero-order chi connectivity index (χ0) is 16.9. The molecule has 0 aliphatic carbocycles. The van der Waals surface area contributed by atoms with Gasteiger partial charge in [-0.05, 0) is 37.1 Å². The third kappa shape index (κ3) is 4.19. The summed E-state index contributed by atoms with van der Waals surface area (Å²) in [7, 11) is 0. The Morgan fingerprint density at radius 3 is 2.75 bits per heavy atom. The normalized spacial score (nSPS) is 10.6. The highest BCUT2D eigenvalue weighted by Gasteiger charge is 2.12. The minimum Gasteiger partial charge on any atom is -0.302 e. The van der Waals surface area contributed by atoms with Crippen LogP contribution >= 0.6 is 22.9 Å². The van der Waals surface area contributed by atoms with E-state index in [1.807, 2.05) is 43.3 Å². The van der Waals surface area contributed by atoms with Crippen molar-refractivity contribution >= 4 is 34.0 Å². The first-order chi connectivity index (χ1) is 11.6. The minimum absolute atomic E-state index is 0.0461. The van der Waals surface area contributed by atoms with Gasteiger partial charge in [0.2, 0.25) is 5.91 Å². The number of amides is 1. The van der Waals surface area contributed by atoms with Gasteiger partial charge in [0.15, 0.2) is 5.13 Å². The molecule has 0 saturated carbocycles. The van der Waals surface area contributed by atoms with Crippen LogP contribution in [0.2, 0.25) is 5.02 Å². The Morgan fingerprint density at radius 1 is 1.25 bits per heavy atom. The van der Waals surface area contributed by atoms with Crippen LogP contribution in [0, 0.1) is 6.92 Å². The first kappa shape index (κ1) is 16.6. The Morgan fingerprint density at radius 2 is 2.04 bits per heavy atom. The maximum Gasteiger partial charge on any atom is 0.226 e. The van der Waals surface area contributed by atoms with E-state index in [1.165, 1.54) is 11.3 Å². The Kier molecular flexibility index (Phi) is 5.23. The van der Waals surface area contributed by atoms with Crippen LogP contribution in [0.15, 0.2) is 48.8 Å². The van der Waals surface area contributed by atoms with Gasteiger partial charge in [0.1, 0.15) is 0 Å². The lowest BCUT2D eigenvalue weighted by atomic mass is 10.1. The molecule has 2 aromatic heterocycles. The second kappa shape index (κ2) is 7.55. The van der Waals surface area contributed by atoms with Crippen molar-refractivity contribution in [3.63, 3.8) is 0 Å². The molecule has 4 nitrogen and oxygen atoms in total. The molecule has 0 radical (unpaired) electrons. The van der Waals surface area contributed by atoms with Crippen molar-refractivity contribution in [3.05, 3.63) is 64.3 Å². The number of hydrogen-bond acceptors (Lipinski definition) is 4. The fourth-order valence-corrected chi connectivity index (χ4v) is 3.29. The predicted octanol–water partition coefficient (Wildman–Crippen LogP) is 4.74. The Bertz CT molecular complexity index is 831. The second-order valence-corrected chi connectivity index (χ2v) is 6.98. The number of rotatable bonds is 5. The molecular weight excluding hydrogens is 342 g/mol. The van der Waals surface area contributed by atoms with Gasteiger partial charge in [0.25, 0.3) is 0 Å². The van der Waals surface area contributed by atoms with Crippen LogP contribution in [0.4, 0.5) is 5.13 Å². The number of nitrogens with zero attached hydrogens (tertiary/aromatic N) is 2. The number of pyridine rings is 1. The van der Waals surface area contributed by atoms with Crippen molar-refractivity contribution in [1.29, 1.82) is 0 Å². The van der Waals surface area contributed by atoms with Gasteiger partial charge in [-0.25, -0.2) is 4.98 Å². The van der Waals surface area contributed by atoms with Gasteiger partial charge in [0, 0.05) is 34.3 Å². The van der Waals surface area contributed by atoms with E-state index in [9.17, 15) is 4.79 Å². The molecule has 0 spiro atoms. The maximum atomic E-state index is 12.1. The molecule has 122 valence electrons. The van der Waals surface area contributed by atoms with Crippen molar-refractivity contribution in [3.8, 4) is 11.3 Å². The van der Waals surface area contributed by atoms with Crippen LogP contribution in [0.3, 0.4) is 0 Å². The molecule has 1 aromatic carbocycles. The van der Waals surface area contributed by atoms with E-state index in [-0.39, 0.29) is 5.91 Å². The number of anilines is 1. The van der Waals surface area contributed by atoms with E-state index in [0.29, 0.717) is 23.0 Å². The van der Waals surface area contributed by atoms with Gasteiger partial charge >= 0.3 is 0 Å². The molecular formula is C18H16ClN3OS. The number of halogens is 1. The first-order valence-corrected chi connectivity index (χ1v) is 8.73. The van der Waals surface area contributed by atoms with E-state index < -0.39 is 0 Å². The number of thiazole rings is 1. The number of nitrogens with one attached hydrogen (secondary N) is 1. The zero-order valence-electron chi connectivity index (χ0n) is 13.1. The lowest BCUT2D eigenvalue weighted by molar-refractivity contribution is -0.116. The van der Waals surface area contributed by atoms with Crippen LogP contribution in [-0.4, -0.2) is 15.9 Å². The summed E-state index contributed by atoms with van der Waals surface area (Å²) in [5, 5.41) is 4.19. The van der Waals surface area contributed by atoms with Crippen LogP contribution in [0.5, 0.6) is 0 Å².